The number of amides is 1. The van der Waals surface area contributed by atoms with Crippen LogP contribution in [0.2, 0.25) is 5.02 Å². The van der Waals surface area contributed by atoms with Crippen molar-refractivity contribution in [3.63, 3.8) is 0 Å². The number of fused-ring (bicyclic) bond motifs is 1. The average Bonchev–Trinajstić information content (AvgIpc) is 3.31. The number of H-pyrrole nitrogens is 1. The summed E-state index contributed by atoms with van der Waals surface area (Å²) in [5, 5.41) is 13.0. The minimum Gasteiger partial charge on any atom is -0.355 e. The van der Waals surface area contributed by atoms with Crippen LogP contribution in [0.15, 0.2) is 35.7 Å². The molecular weight excluding hydrogens is 368 g/mol. The highest BCUT2D eigenvalue weighted by Crippen LogP contribution is 2.34. The van der Waals surface area contributed by atoms with Crippen LogP contribution in [0.3, 0.4) is 0 Å². The third kappa shape index (κ3) is 3.66. The summed E-state index contributed by atoms with van der Waals surface area (Å²) in [7, 11) is 0. The first-order chi connectivity index (χ1) is 12.7. The standard InChI is InChI=1S/C19H19ClN4OS/c20-13-6-4-12(5-7-13)18-22-17(23-24-18)8-10-21-19(25)15-2-1-3-16-14(15)9-11-26-16/h4-7,9,11,15H,1-3,8,10H2,(H,21,25)(H,22,23,24). The van der Waals surface area contributed by atoms with Crippen molar-refractivity contribution in [3.05, 3.63) is 57.0 Å². The number of hydrogen-bond acceptors (Lipinski definition) is 4. The zero-order chi connectivity index (χ0) is 17.9. The minimum absolute atomic E-state index is 0.00986. The first-order valence-electron chi connectivity index (χ1n) is 8.72. The van der Waals surface area contributed by atoms with Crippen LogP contribution in [0.5, 0.6) is 0 Å². The summed E-state index contributed by atoms with van der Waals surface area (Å²) in [5.41, 5.74) is 2.12. The fraction of sp³-hybridized carbons (Fsp3) is 0.316. The molecule has 0 radical (unpaired) electrons. The van der Waals surface area contributed by atoms with E-state index in [9.17, 15) is 4.79 Å². The van der Waals surface area contributed by atoms with E-state index in [1.54, 1.807) is 11.3 Å². The number of thiophene rings is 1. The van der Waals surface area contributed by atoms with Crippen LogP contribution in [0.1, 0.15) is 35.0 Å². The van der Waals surface area contributed by atoms with E-state index in [0.29, 0.717) is 23.8 Å². The Morgan fingerprint density at radius 2 is 2.15 bits per heavy atom. The van der Waals surface area contributed by atoms with Gasteiger partial charge in [0.05, 0.1) is 5.92 Å². The lowest BCUT2D eigenvalue weighted by Gasteiger charge is -2.21. The monoisotopic (exact) mass is 386 g/mol. The number of halogens is 1. The van der Waals surface area contributed by atoms with Gasteiger partial charge >= 0.3 is 0 Å². The van der Waals surface area contributed by atoms with E-state index in [4.69, 9.17) is 11.6 Å². The molecule has 2 aromatic heterocycles. The van der Waals surface area contributed by atoms with Crippen LogP contribution in [0.25, 0.3) is 11.4 Å². The van der Waals surface area contributed by atoms with Crippen molar-refractivity contribution in [2.75, 3.05) is 6.54 Å². The van der Waals surface area contributed by atoms with Gasteiger partial charge in [0.25, 0.3) is 0 Å². The van der Waals surface area contributed by atoms with Gasteiger partial charge in [0.1, 0.15) is 5.82 Å². The number of aromatic nitrogens is 3. The highest BCUT2D eigenvalue weighted by atomic mass is 35.5. The summed E-state index contributed by atoms with van der Waals surface area (Å²) in [6.45, 7) is 0.546. The molecule has 1 aliphatic carbocycles. The van der Waals surface area contributed by atoms with Crippen molar-refractivity contribution >= 4 is 28.8 Å². The summed E-state index contributed by atoms with van der Waals surface area (Å²) in [6, 6.07) is 9.50. The normalized spacial score (nSPS) is 16.3. The number of nitrogens with zero attached hydrogens (tertiary/aromatic N) is 2. The van der Waals surface area contributed by atoms with Crippen molar-refractivity contribution in [1.29, 1.82) is 0 Å². The predicted molar refractivity (Wildman–Crippen MR) is 104 cm³/mol. The van der Waals surface area contributed by atoms with Gasteiger partial charge in [-0.25, -0.2) is 4.98 Å². The van der Waals surface area contributed by atoms with Gasteiger partial charge in [-0.05, 0) is 60.5 Å². The third-order valence-electron chi connectivity index (χ3n) is 4.66. The molecule has 0 saturated carbocycles. The largest absolute Gasteiger partial charge is 0.355 e. The van der Waals surface area contributed by atoms with Crippen molar-refractivity contribution in [2.24, 2.45) is 0 Å². The summed E-state index contributed by atoms with van der Waals surface area (Å²) < 4.78 is 0. The molecule has 3 aromatic rings. The summed E-state index contributed by atoms with van der Waals surface area (Å²) >= 11 is 7.66. The topological polar surface area (TPSA) is 70.7 Å². The molecule has 7 heteroatoms. The Bertz CT molecular complexity index is 902. The highest BCUT2D eigenvalue weighted by Gasteiger charge is 2.26. The highest BCUT2D eigenvalue weighted by molar-refractivity contribution is 7.10. The smallest absolute Gasteiger partial charge is 0.227 e. The minimum atomic E-state index is -0.00986. The first-order valence-corrected chi connectivity index (χ1v) is 9.97. The molecule has 1 amide bonds. The van der Waals surface area contributed by atoms with E-state index in [1.807, 2.05) is 24.3 Å². The number of benzene rings is 1. The maximum atomic E-state index is 12.5. The molecule has 2 heterocycles. The van der Waals surface area contributed by atoms with Gasteiger partial charge in [0.2, 0.25) is 5.91 Å². The van der Waals surface area contributed by atoms with Gasteiger partial charge in [-0.15, -0.1) is 11.3 Å². The second-order valence-electron chi connectivity index (χ2n) is 6.40. The van der Waals surface area contributed by atoms with Gasteiger partial charge in [-0.3, -0.25) is 9.89 Å². The number of carbonyl (C=O) groups is 1. The fourth-order valence-electron chi connectivity index (χ4n) is 3.32. The molecule has 0 fully saturated rings. The van der Waals surface area contributed by atoms with Crippen LogP contribution in [-0.2, 0) is 17.6 Å². The molecule has 0 saturated heterocycles. The number of hydrogen-bond donors (Lipinski definition) is 2. The molecule has 4 rings (SSSR count). The molecule has 134 valence electrons. The van der Waals surface area contributed by atoms with Gasteiger partial charge in [-0.1, -0.05) is 11.6 Å². The van der Waals surface area contributed by atoms with Crippen LogP contribution in [0.4, 0.5) is 0 Å². The second-order valence-corrected chi connectivity index (χ2v) is 7.83. The third-order valence-corrected chi connectivity index (χ3v) is 5.91. The molecule has 2 N–H and O–H groups in total. The molecule has 0 spiro atoms. The van der Waals surface area contributed by atoms with Gasteiger partial charge in [-0.2, -0.15) is 5.10 Å². The van der Waals surface area contributed by atoms with Gasteiger partial charge < -0.3 is 5.32 Å². The van der Waals surface area contributed by atoms with Crippen molar-refractivity contribution in [1.82, 2.24) is 20.5 Å². The van der Waals surface area contributed by atoms with Crippen molar-refractivity contribution in [2.45, 2.75) is 31.6 Å². The molecule has 0 aliphatic heterocycles. The Kier molecular flexibility index (Phi) is 5.04. The van der Waals surface area contributed by atoms with E-state index in [-0.39, 0.29) is 11.8 Å². The zero-order valence-electron chi connectivity index (χ0n) is 14.2. The van der Waals surface area contributed by atoms with Crippen LogP contribution < -0.4 is 5.32 Å². The lowest BCUT2D eigenvalue weighted by Crippen LogP contribution is -2.32. The van der Waals surface area contributed by atoms with Crippen LogP contribution in [-0.4, -0.2) is 27.6 Å². The Morgan fingerprint density at radius 1 is 1.31 bits per heavy atom. The lowest BCUT2D eigenvalue weighted by atomic mass is 9.87. The molecule has 1 atom stereocenters. The summed E-state index contributed by atoms with van der Waals surface area (Å²) in [5.74, 6) is 1.50. The Labute approximate surface area is 160 Å². The number of aromatic amines is 1. The number of aryl methyl sites for hydroxylation is 1. The van der Waals surface area contributed by atoms with Gasteiger partial charge in [0.15, 0.2) is 5.82 Å². The number of nitrogens with one attached hydrogen (secondary N) is 2. The lowest BCUT2D eigenvalue weighted by molar-refractivity contribution is -0.122. The average molecular weight is 387 g/mol. The number of rotatable bonds is 5. The molecule has 5 nitrogen and oxygen atoms in total. The molecular formula is C19H19ClN4OS. The number of carbonyl (C=O) groups excluding carboxylic acids is 1. The molecule has 1 aliphatic rings. The van der Waals surface area contributed by atoms with Crippen LogP contribution >= 0.6 is 22.9 Å². The molecule has 0 bridgehead atoms. The quantitative estimate of drug-likeness (QED) is 0.697. The van der Waals surface area contributed by atoms with Gasteiger partial charge in [0, 0.05) is 28.4 Å². The van der Waals surface area contributed by atoms with E-state index in [1.165, 1.54) is 10.4 Å². The second kappa shape index (κ2) is 7.60. The predicted octanol–water partition coefficient (Wildman–Crippen LogP) is 3.97. The molecule has 26 heavy (non-hydrogen) atoms. The maximum Gasteiger partial charge on any atom is 0.227 e. The fourth-order valence-corrected chi connectivity index (χ4v) is 4.43. The van der Waals surface area contributed by atoms with E-state index >= 15 is 0 Å². The molecule has 1 unspecified atom stereocenters. The SMILES string of the molecule is O=C(NCCc1nc(-c2ccc(Cl)cc2)n[nH]1)C1CCCc2sccc21. The van der Waals surface area contributed by atoms with Crippen LogP contribution in [0, 0.1) is 0 Å². The Balaban J connectivity index is 1.33. The van der Waals surface area contributed by atoms with E-state index in [0.717, 1.165) is 30.7 Å². The first kappa shape index (κ1) is 17.2. The van der Waals surface area contributed by atoms with E-state index in [2.05, 4.69) is 31.9 Å². The zero-order valence-corrected chi connectivity index (χ0v) is 15.7. The summed E-state index contributed by atoms with van der Waals surface area (Å²) in [4.78, 5) is 18.4. The Morgan fingerprint density at radius 3 is 3.00 bits per heavy atom. The van der Waals surface area contributed by atoms with Crippen molar-refractivity contribution < 1.29 is 4.79 Å². The van der Waals surface area contributed by atoms with E-state index < -0.39 is 0 Å². The maximum absolute atomic E-state index is 12.5. The molecule has 1 aromatic carbocycles. The summed E-state index contributed by atoms with van der Waals surface area (Å²) in [6.07, 6.45) is 3.73. The Hall–Kier alpha value is -2.18. The van der Waals surface area contributed by atoms with Crippen molar-refractivity contribution in [3.8, 4) is 11.4 Å².